The molecule has 0 radical (unpaired) electrons. The van der Waals surface area contributed by atoms with E-state index in [2.05, 4.69) is 29.9 Å². The van der Waals surface area contributed by atoms with E-state index in [-0.39, 0.29) is 11.7 Å². The van der Waals surface area contributed by atoms with E-state index in [1.54, 1.807) is 18.6 Å². The predicted molar refractivity (Wildman–Crippen MR) is 100 cm³/mol. The van der Waals surface area contributed by atoms with Crippen LogP contribution in [0.5, 0.6) is 11.6 Å². The Kier molecular flexibility index (Phi) is 4.09. The lowest BCUT2D eigenvalue weighted by Gasteiger charge is -2.09. The van der Waals surface area contributed by atoms with E-state index in [1.807, 2.05) is 42.5 Å². The molecule has 0 saturated heterocycles. The molecule has 3 aromatic rings. The second-order valence-corrected chi connectivity index (χ2v) is 6.40. The van der Waals surface area contributed by atoms with E-state index < -0.39 is 0 Å². The number of hydrogen-bond acceptors (Lipinski definition) is 4. The van der Waals surface area contributed by atoms with E-state index in [1.165, 1.54) is 5.56 Å². The van der Waals surface area contributed by atoms with E-state index in [0.717, 1.165) is 22.3 Å². The fourth-order valence-corrected chi connectivity index (χ4v) is 3.42. The summed E-state index contributed by atoms with van der Waals surface area (Å²) in [6.45, 7) is 4.15. The summed E-state index contributed by atoms with van der Waals surface area (Å²) in [6, 6.07) is 13.5. The number of ketones is 1. The summed E-state index contributed by atoms with van der Waals surface area (Å²) in [7, 11) is 0. The Balaban J connectivity index is 1.59. The molecule has 4 heteroatoms. The van der Waals surface area contributed by atoms with Crippen molar-refractivity contribution in [1.29, 1.82) is 0 Å². The molecule has 1 atom stereocenters. The van der Waals surface area contributed by atoms with Crippen molar-refractivity contribution in [3.8, 4) is 11.6 Å². The third-order valence-electron chi connectivity index (χ3n) is 4.69. The number of fused-ring (bicyclic) bond motifs is 1. The normalized spacial score (nSPS) is 17.4. The Labute approximate surface area is 152 Å². The quantitative estimate of drug-likeness (QED) is 0.631. The third-order valence-corrected chi connectivity index (χ3v) is 4.69. The fourth-order valence-electron chi connectivity index (χ4n) is 3.42. The third kappa shape index (κ3) is 2.90. The van der Waals surface area contributed by atoms with E-state index in [0.29, 0.717) is 11.6 Å². The lowest BCUT2D eigenvalue weighted by molar-refractivity contribution is 0.103. The molecule has 1 heterocycles. The number of allylic oxidation sites excluding steroid dienone is 1. The van der Waals surface area contributed by atoms with Gasteiger partial charge >= 0.3 is 0 Å². The maximum absolute atomic E-state index is 12.8. The number of benzene rings is 2. The summed E-state index contributed by atoms with van der Waals surface area (Å²) < 4.78 is 5.65. The van der Waals surface area contributed by atoms with Gasteiger partial charge in [-0.15, -0.1) is 0 Å². The van der Waals surface area contributed by atoms with Gasteiger partial charge in [-0.1, -0.05) is 37.3 Å². The molecule has 1 aliphatic carbocycles. The Hall–Kier alpha value is -3.27. The molecule has 0 bridgehead atoms. The first-order valence-corrected chi connectivity index (χ1v) is 8.53. The van der Waals surface area contributed by atoms with Crippen molar-refractivity contribution in [3.05, 3.63) is 88.9 Å². The van der Waals surface area contributed by atoms with Crippen molar-refractivity contribution >= 4 is 11.9 Å². The monoisotopic (exact) mass is 342 g/mol. The highest BCUT2D eigenvalue weighted by atomic mass is 16.5. The van der Waals surface area contributed by atoms with Crippen molar-refractivity contribution < 1.29 is 9.53 Å². The van der Waals surface area contributed by atoms with Crippen LogP contribution in [0.15, 0.2) is 66.6 Å². The highest BCUT2D eigenvalue weighted by Crippen LogP contribution is 2.40. The summed E-state index contributed by atoms with van der Waals surface area (Å²) in [5.74, 6) is 1.35. The summed E-state index contributed by atoms with van der Waals surface area (Å²) in [4.78, 5) is 20.8. The number of Topliss-reactive ketones (excluding diaryl/α,β-unsaturated/α-hetero) is 1. The summed E-state index contributed by atoms with van der Waals surface area (Å²) in [5.41, 5.74) is 4.94. The molecule has 0 N–H and O–H groups in total. The van der Waals surface area contributed by atoms with Crippen molar-refractivity contribution in [2.24, 2.45) is 0 Å². The zero-order chi connectivity index (χ0) is 18.1. The summed E-state index contributed by atoms with van der Waals surface area (Å²) >= 11 is 0. The largest absolute Gasteiger partial charge is 0.438 e. The lowest BCUT2D eigenvalue weighted by Crippen LogP contribution is -1.97. The molecule has 1 aliphatic rings. The van der Waals surface area contributed by atoms with Crippen LogP contribution in [0.25, 0.3) is 6.08 Å². The average Bonchev–Trinajstić information content (AvgIpc) is 2.90. The minimum Gasteiger partial charge on any atom is -0.438 e. The molecule has 0 aliphatic heterocycles. The molecule has 1 aromatic heterocycles. The SMILES string of the molecule is Cc1cccc2c1C(C)/C(=C/c1ccc(Oc3cnccn3)cc1)C2=O. The van der Waals surface area contributed by atoms with Crippen LogP contribution in [-0.4, -0.2) is 15.8 Å². The predicted octanol–water partition coefficient (Wildman–Crippen LogP) is 4.96. The van der Waals surface area contributed by atoms with Crippen molar-refractivity contribution in [2.45, 2.75) is 19.8 Å². The molecule has 1 unspecified atom stereocenters. The Morgan fingerprint density at radius 2 is 1.88 bits per heavy atom. The standard InChI is InChI=1S/C22H18N2O2/c1-14-4-3-5-18-21(14)15(2)19(22(18)25)12-16-6-8-17(9-7-16)26-20-13-23-10-11-24-20/h3-13,15H,1-2H3/b19-12-. The van der Waals surface area contributed by atoms with E-state index >= 15 is 0 Å². The molecule has 4 rings (SSSR count). The van der Waals surface area contributed by atoms with Gasteiger partial charge in [-0.25, -0.2) is 4.98 Å². The van der Waals surface area contributed by atoms with Gasteiger partial charge in [0.05, 0.1) is 6.20 Å². The van der Waals surface area contributed by atoms with Crippen LogP contribution in [0, 0.1) is 6.92 Å². The number of carbonyl (C=O) groups excluding carboxylic acids is 1. The number of hydrogen-bond donors (Lipinski definition) is 0. The number of aromatic nitrogens is 2. The highest BCUT2D eigenvalue weighted by Gasteiger charge is 2.32. The van der Waals surface area contributed by atoms with Gasteiger partial charge in [-0.3, -0.25) is 9.78 Å². The molecule has 4 nitrogen and oxygen atoms in total. The molecular weight excluding hydrogens is 324 g/mol. The Morgan fingerprint density at radius 3 is 2.58 bits per heavy atom. The molecule has 2 aromatic carbocycles. The maximum Gasteiger partial charge on any atom is 0.237 e. The van der Waals surface area contributed by atoms with E-state index in [4.69, 9.17) is 4.74 Å². The molecule has 0 spiro atoms. The Bertz CT molecular complexity index is 992. The van der Waals surface area contributed by atoms with Gasteiger partial charge in [0.15, 0.2) is 5.78 Å². The lowest BCUT2D eigenvalue weighted by atomic mass is 9.95. The van der Waals surface area contributed by atoms with Crippen LogP contribution in [0.1, 0.15) is 39.9 Å². The van der Waals surface area contributed by atoms with Gasteiger partial charge in [0, 0.05) is 29.4 Å². The number of carbonyl (C=O) groups is 1. The molecule has 128 valence electrons. The van der Waals surface area contributed by atoms with E-state index in [9.17, 15) is 4.79 Å². The van der Waals surface area contributed by atoms with Crippen LogP contribution in [0.3, 0.4) is 0 Å². The minimum atomic E-state index is 0.106. The molecular formula is C22H18N2O2. The van der Waals surface area contributed by atoms with Gasteiger partial charge in [-0.05, 0) is 41.8 Å². The second kappa shape index (κ2) is 6.56. The number of ether oxygens (including phenoxy) is 1. The maximum atomic E-state index is 12.8. The minimum absolute atomic E-state index is 0.106. The fraction of sp³-hybridized carbons (Fsp3) is 0.136. The van der Waals surface area contributed by atoms with Crippen LogP contribution < -0.4 is 4.74 Å². The zero-order valence-corrected chi connectivity index (χ0v) is 14.6. The summed E-state index contributed by atoms with van der Waals surface area (Å²) in [6.07, 6.45) is 6.72. The summed E-state index contributed by atoms with van der Waals surface area (Å²) in [5, 5.41) is 0. The molecule has 0 amide bonds. The van der Waals surface area contributed by atoms with Gasteiger partial charge in [-0.2, -0.15) is 0 Å². The zero-order valence-electron chi connectivity index (χ0n) is 14.6. The van der Waals surface area contributed by atoms with Gasteiger partial charge < -0.3 is 4.74 Å². The average molecular weight is 342 g/mol. The van der Waals surface area contributed by atoms with Gasteiger partial charge in [0.2, 0.25) is 5.88 Å². The van der Waals surface area contributed by atoms with Crippen molar-refractivity contribution in [1.82, 2.24) is 9.97 Å². The van der Waals surface area contributed by atoms with Gasteiger partial charge in [0.1, 0.15) is 5.75 Å². The van der Waals surface area contributed by atoms with Crippen molar-refractivity contribution in [3.63, 3.8) is 0 Å². The second-order valence-electron chi connectivity index (χ2n) is 6.40. The first-order valence-electron chi connectivity index (χ1n) is 8.53. The van der Waals surface area contributed by atoms with Gasteiger partial charge in [0.25, 0.3) is 0 Å². The molecule has 0 saturated carbocycles. The van der Waals surface area contributed by atoms with Crippen LogP contribution in [-0.2, 0) is 0 Å². The number of nitrogens with zero attached hydrogens (tertiary/aromatic N) is 2. The molecule has 0 fully saturated rings. The first-order chi connectivity index (χ1) is 12.6. The number of rotatable bonds is 3. The highest BCUT2D eigenvalue weighted by molar-refractivity contribution is 6.16. The van der Waals surface area contributed by atoms with Crippen molar-refractivity contribution in [2.75, 3.05) is 0 Å². The van der Waals surface area contributed by atoms with Crippen LogP contribution in [0.4, 0.5) is 0 Å². The van der Waals surface area contributed by atoms with Crippen LogP contribution >= 0.6 is 0 Å². The van der Waals surface area contributed by atoms with Crippen LogP contribution in [0.2, 0.25) is 0 Å². The first kappa shape index (κ1) is 16.2. The number of aryl methyl sites for hydroxylation is 1. The topological polar surface area (TPSA) is 52.1 Å². The molecule has 26 heavy (non-hydrogen) atoms. The smallest absolute Gasteiger partial charge is 0.237 e. The Morgan fingerprint density at radius 1 is 1.08 bits per heavy atom.